The fraction of sp³-hybridized carbons (Fsp3) is 0.588. The van der Waals surface area contributed by atoms with E-state index in [9.17, 15) is 9.18 Å². The van der Waals surface area contributed by atoms with Gasteiger partial charge in [-0.25, -0.2) is 4.39 Å². The van der Waals surface area contributed by atoms with Crippen molar-refractivity contribution in [1.29, 1.82) is 0 Å². The lowest BCUT2D eigenvalue weighted by molar-refractivity contribution is -0.119. The summed E-state index contributed by atoms with van der Waals surface area (Å²) in [7, 11) is 1.45. The van der Waals surface area contributed by atoms with Crippen molar-refractivity contribution in [2.75, 3.05) is 12.9 Å². The van der Waals surface area contributed by atoms with Crippen LogP contribution in [0.5, 0.6) is 5.75 Å². The van der Waals surface area contributed by atoms with Gasteiger partial charge in [0.25, 0.3) is 0 Å². The van der Waals surface area contributed by atoms with Gasteiger partial charge in [-0.1, -0.05) is 25.8 Å². The average Bonchev–Trinajstić information content (AvgIpc) is 2.50. The lowest BCUT2D eigenvalue weighted by atomic mass is 9.86. The van der Waals surface area contributed by atoms with E-state index in [2.05, 4.69) is 12.2 Å². The van der Waals surface area contributed by atoms with E-state index in [1.165, 1.54) is 44.2 Å². The van der Waals surface area contributed by atoms with E-state index in [1.54, 1.807) is 6.07 Å². The summed E-state index contributed by atoms with van der Waals surface area (Å²) in [5.74, 6) is 1.57. The second-order valence-electron chi connectivity index (χ2n) is 5.90. The van der Waals surface area contributed by atoms with Crippen molar-refractivity contribution in [3.8, 4) is 5.75 Å². The zero-order valence-electron chi connectivity index (χ0n) is 13.2. The van der Waals surface area contributed by atoms with Crippen LogP contribution in [0, 0.1) is 11.7 Å². The number of hydrogen-bond acceptors (Lipinski definition) is 3. The molecular formula is C17H24FNO2S. The first kappa shape index (κ1) is 17.1. The molecule has 122 valence electrons. The number of nitrogens with one attached hydrogen (secondary N) is 1. The fourth-order valence-electron chi connectivity index (χ4n) is 2.84. The summed E-state index contributed by atoms with van der Waals surface area (Å²) in [6.07, 6.45) is 4.75. The Morgan fingerprint density at radius 3 is 2.86 bits per heavy atom. The third-order valence-electron chi connectivity index (χ3n) is 4.18. The Morgan fingerprint density at radius 1 is 1.41 bits per heavy atom. The number of ether oxygens (including phenoxy) is 1. The molecule has 1 aliphatic carbocycles. The van der Waals surface area contributed by atoms with Crippen LogP contribution in [-0.2, 0) is 10.5 Å². The van der Waals surface area contributed by atoms with Gasteiger partial charge in [0.2, 0.25) is 5.91 Å². The standard InChI is InChI=1S/C17H24FNO2S/c1-12-5-3-4-6-15(12)19-17(20)11-22-10-13-7-8-16(21-2)14(18)9-13/h7-9,12,15H,3-6,10-11H2,1-2H3,(H,19,20)/t12-,15+/m1/s1. The molecule has 3 nitrogen and oxygen atoms in total. The summed E-state index contributed by atoms with van der Waals surface area (Å²) >= 11 is 1.51. The molecule has 0 unspecified atom stereocenters. The van der Waals surface area contributed by atoms with Crippen LogP contribution in [0.3, 0.4) is 0 Å². The van der Waals surface area contributed by atoms with E-state index in [0.29, 0.717) is 23.5 Å². The Hall–Kier alpha value is -1.23. The maximum atomic E-state index is 13.6. The molecule has 1 saturated carbocycles. The molecule has 1 aromatic carbocycles. The van der Waals surface area contributed by atoms with Crippen LogP contribution in [0.4, 0.5) is 4.39 Å². The second kappa shape index (κ2) is 8.42. The second-order valence-corrected chi connectivity index (χ2v) is 6.88. The molecule has 1 N–H and O–H groups in total. The van der Waals surface area contributed by atoms with Crippen LogP contribution in [0.1, 0.15) is 38.2 Å². The Kier molecular flexibility index (Phi) is 6.55. The maximum absolute atomic E-state index is 13.6. The van der Waals surface area contributed by atoms with Crippen molar-refractivity contribution >= 4 is 17.7 Å². The third kappa shape index (κ3) is 4.90. The summed E-state index contributed by atoms with van der Waals surface area (Å²) in [5.41, 5.74) is 0.863. The van der Waals surface area contributed by atoms with Crippen molar-refractivity contribution in [2.45, 2.75) is 44.4 Å². The lowest BCUT2D eigenvalue weighted by Gasteiger charge is -2.29. The van der Waals surface area contributed by atoms with Crippen molar-refractivity contribution in [3.05, 3.63) is 29.6 Å². The number of thioether (sulfide) groups is 1. The van der Waals surface area contributed by atoms with Gasteiger partial charge >= 0.3 is 0 Å². The largest absolute Gasteiger partial charge is 0.494 e. The molecule has 1 amide bonds. The fourth-order valence-corrected chi connectivity index (χ4v) is 3.63. The van der Waals surface area contributed by atoms with Gasteiger partial charge in [0.1, 0.15) is 0 Å². The predicted octanol–water partition coefficient (Wildman–Crippen LogP) is 3.76. The van der Waals surface area contributed by atoms with Gasteiger partial charge in [-0.05, 0) is 36.5 Å². The molecule has 1 fully saturated rings. The number of hydrogen-bond donors (Lipinski definition) is 1. The lowest BCUT2D eigenvalue weighted by Crippen LogP contribution is -2.41. The monoisotopic (exact) mass is 325 g/mol. The van der Waals surface area contributed by atoms with Crippen LogP contribution in [0.15, 0.2) is 18.2 Å². The summed E-state index contributed by atoms with van der Waals surface area (Å²) in [6, 6.07) is 5.23. The first-order chi connectivity index (χ1) is 10.6. The molecule has 22 heavy (non-hydrogen) atoms. The molecule has 0 bridgehead atoms. The van der Waals surface area contributed by atoms with Gasteiger partial charge < -0.3 is 10.1 Å². The normalized spacial score (nSPS) is 21.4. The summed E-state index contributed by atoms with van der Waals surface area (Å²) in [5, 5.41) is 3.13. The highest BCUT2D eigenvalue weighted by atomic mass is 32.2. The molecule has 0 aromatic heterocycles. The number of rotatable bonds is 6. The van der Waals surface area contributed by atoms with Crippen LogP contribution in [0.2, 0.25) is 0 Å². The molecule has 0 saturated heterocycles. The van der Waals surface area contributed by atoms with Crippen LogP contribution in [-0.4, -0.2) is 24.8 Å². The van der Waals surface area contributed by atoms with Gasteiger partial charge in [0.15, 0.2) is 11.6 Å². The van der Waals surface area contributed by atoms with E-state index in [-0.39, 0.29) is 17.5 Å². The molecule has 2 rings (SSSR count). The van der Waals surface area contributed by atoms with Gasteiger partial charge in [-0.2, -0.15) is 0 Å². The van der Waals surface area contributed by atoms with E-state index >= 15 is 0 Å². The van der Waals surface area contributed by atoms with Crippen molar-refractivity contribution in [2.24, 2.45) is 5.92 Å². The number of methoxy groups -OCH3 is 1. The molecule has 1 aromatic rings. The molecule has 0 spiro atoms. The first-order valence-corrected chi connectivity index (χ1v) is 8.95. The number of amides is 1. The van der Waals surface area contributed by atoms with Crippen molar-refractivity contribution in [1.82, 2.24) is 5.32 Å². The molecule has 0 radical (unpaired) electrons. The van der Waals surface area contributed by atoms with Crippen LogP contribution >= 0.6 is 11.8 Å². The zero-order chi connectivity index (χ0) is 15.9. The summed E-state index contributed by atoms with van der Waals surface area (Å²) < 4.78 is 18.5. The average molecular weight is 325 g/mol. The van der Waals surface area contributed by atoms with Gasteiger partial charge in [-0.15, -0.1) is 11.8 Å². The van der Waals surface area contributed by atoms with Gasteiger partial charge in [0.05, 0.1) is 12.9 Å². The summed E-state index contributed by atoms with van der Waals surface area (Å²) in [6.45, 7) is 2.21. The van der Waals surface area contributed by atoms with Gasteiger partial charge in [-0.3, -0.25) is 4.79 Å². The van der Waals surface area contributed by atoms with E-state index < -0.39 is 0 Å². The topological polar surface area (TPSA) is 38.3 Å². The molecule has 1 aliphatic rings. The molecular weight excluding hydrogens is 301 g/mol. The molecule has 5 heteroatoms. The summed E-state index contributed by atoms with van der Waals surface area (Å²) in [4.78, 5) is 12.0. The maximum Gasteiger partial charge on any atom is 0.230 e. The minimum Gasteiger partial charge on any atom is -0.494 e. The number of carbonyl (C=O) groups excluding carboxylic acids is 1. The van der Waals surface area contributed by atoms with Crippen LogP contribution < -0.4 is 10.1 Å². The first-order valence-electron chi connectivity index (χ1n) is 7.79. The van der Waals surface area contributed by atoms with E-state index in [0.717, 1.165) is 12.0 Å². The number of carbonyl (C=O) groups is 1. The Balaban J connectivity index is 1.73. The third-order valence-corrected chi connectivity index (χ3v) is 5.18. The minimum atomic E-state index is -0.360. The molecule has 2 atom stereocenters. The quantitative estimate of drug-likeness (QED) is 0.865. The van der Waals surface area contributed by atoms with Crippen LogP contribution in [0.25, 0.3) is 0 Å². The zero-order valence-corrected chi connectivity index (χ0v) is 14.0. The Morgan fingerprint density at radius 2 is 2.18 bits per heavy atom. The predicted molar refractivity (Wildman–Crippen MR) is 88.7 cm³/mol. The van der Waals surface area contributed by atoms with E-state index in [4.69, 9.17) is 4.74 Å². The Labute approximate surface area is 136 Å². The highest BCUT2D eigenvalue weighted by Gasteiger charge is 2.22. The minimum absolute atomic E-state index is 0.0812. The van der Waals surface area contributed by atoms with Gasteiger partial charge in [0, 0.05) is 11.8 Å². The van der Waals surface area contributed by atoms with Crippen molar-refractivity contribution in [3.63, 3.8) is 0 Å². The Bertz CT molecular complexity index is 509. The SMILES string of the molecule is COc1ccc(CSCC(=O)N[C@H]2CCCC[C@H]2C)cc1F. The molecule has 0 aliphatic heterocycles. The highest BCUT2D eigenvalue weighted by Crippen LogP contribution is 2.24. The molecule has 0 heterocycles. The number of benzene rings is 1. The number of halogens is 1. The van der Waals surface area contributed by atoms with Crippen molar-refractivity contribution < 1.29 is 13.9 Å². The van der Waals surface area contributed by atoms with E-state index in [1.807, 2.05) is 6.07 Å². The smallest absolute Gasteiger partial charge is 0.230 e. The highest BCUT2D eigenvalue weighted by molar-refractivity contribution is 7.99.